The number of carboxylic acid groups (broad SMARTS) is 1. The molecule has 0 radical (unpaired) electrons. The van der Waals surface area contributed by atoms with E-state index in [9.17, 15) is 23.1 Å². The van der Waals surface area contributed by atoms with Crippen molar-refractivity contribution in [3.05, 3.63) is 119 Å². The van der Waals surface area contributed by atoms with Crippen molar-refractivity contribution in [2.24, 2.45) is 5.41 Å². The molecule has 2 N–H and O–H groups in total. The second-order valence-corrected chi connectivity index (χ2v) is 14.8. The number of hydrogen-bond donors (Lipinski definition) is 2. The van der Waals surface area contributed by atoms with Crippen molar-refractivity contribution < 1.29 is 27.9 Å². The van der Waals surface area contributed by atoms with Crippen molar-refractivity contribution in [1.29, 1.82) is 0 Å². The summed E-state index contributed by atoms with van der Waals surface area (Å²) in [6.45, 7) is 4.69. The smallest absolute Gasteiger partial charge is 0.330 e. The third-order valence-corrected chi connectivity index (χ3v) is 11.4. The molecule has 5 rings (SSSR count). The van der Waals surface area contributed by atoms with Crippen LogP contribution in [-0.2, 0) is 19.4 Å². The van der Waals surface area contributed by atoms with E-state index in [1.54, 1.807) is 66.7 Å². The number of halogens is 1. The summed E-state index contributed by atoms with van der Waals surface area (Å²) < 4.78 is 35.4. The number of amides is 1. The molecule has 0 bridgehead atoms. The Morgan fingerprint density at radius 2 is 1.53 bits per heavy atom. The van der Waals surface area contributed by atoms with Crippen LogP contribution in [0.3, 0.4) is 0 Å². The van der Waals surface area contributed by atoms with Gasteiger partial charge < -0.3 is 20.1 Å². The number of benzene rings is 4. The molecule has 0 aliphatic carbocycles. The van der Waals surface area contributed by atoms with Crippen molar-refractivity contribution >= 4 is 49.0 Å². The molecule has 10 heteroatoms. The van der Waals surface area contributed by atoms with Crippen LogP contribution in [0.5, 0.6) is 5.75 Å². The number of anilines is 2. The number of fused-ring (bicyclic) bond motifs is 1. The summed E-state index contributed by atoms with van der Waals surface area (Å²) in [5, 5.41) is 12.6. The molecule has 1 amide bonds. The predicted molar refractivity (Wildman–Crippen MR) is 187 cm³/mol. The second-order valence-electron chi connectivity index (χ2n) is 12.0. The van der Waals surface area contributed by atoms with Crippen LogP contribution in [0.2, 0.25) is 0 Å². The molecule has 2 unspecified atom stereocenters. The van der Waals surface area contributed by atoms with Gasteiger partial charge in [0.05, 0.1) is 20.8 Å². The van der Waals surface area contributed by atoms with E-state index in [1.807, 2.05) is 30.3 Å². The zero-order valence-corrected chi connectivity index (χ0v) is 28.8. The van der Waals surface area contributed by atoms with Crippen molar-refractivity contribution in [1.82, 2.24) is 5.32 Å². The fourth-order valence-electron chi connectivity index (χ4n) is 6.13. The maximum atomic E-state index is 14.3. The first-order valence-electron chi connectivity index (χ1n) is 15.8. The Labute approximate surface area is 284 Å². The molecule has 3 atom stereocenters. The van der Waals surface area contributed by atoms with Gasteiger partial charge in [0.1, 0.15) is 5.75 Å². The van der Waals surface area contributed by atoms with Gasteiger partial charge in [-0.2, -0.15) is 0 Å². The SMILES string of the molecule is CCCCC1(CC)CN(c2ccccc2)c2cc(Br)c(OC(C(=O)N[C@@H](C(=O)O)c3ccccc3)c3ccccc3)cc2S(=O)(=O)C1. The lowest BCUT2D eigenvalue weighted by atomic mass is 9.81. The van der Waals surface area contributed by atoms with Crippen LogP contribution in [-0.4, -0.2) is 37.7 Å². The Hall–Kier alpha value is -4.15. The van der Waals surface area contributed by atoms with E-state index in [-0.39, 0.29) is 16.4 Å². The first-order chi connectivity index (χ1) is 22.6. The molecule has 0 spiro atoms. The van der Waals surface area contributed by atoms with Gasteiger partial charge in [-0.15, -0.1) is 0 Å². The Morgan fingerprint density at radius 3 is 2.11 bits per heavy atom. The summed E-state index contributed by atoms with van der Waals surface area (Å²) in [6.07, 6.45) is 2.04. The number of nitrogens with one attached hydrogen (secondary N) is 1. The minimum absolute atomic E-state index is 0.0200. The van der Waals surface area contributed by atoms with Gasteiger partial charge in [0.15, 0.2) is 15.9 Å². The molecule has 4 aromatic carbocycles. The number of nitrogens with zero attached hydrogens (tertiary/aromatic N) is 1. The number of sulfone groups is 1. The number of rotatable bonds is 12. The minimum Gasteiger partial charge on any atom is -0.479 e. The Bertz CT molecular complexity index is 1810. The number of carbonyl (C=O) groups is 2. The molecule has 1 aliphatic heterocycles. The van der Waals surface area contributed by atoms with Crippen LogP contribution in [0, 0.1) is 5.41 Å². The van der Waals surface area contributed by atoms with Crippen LogP contribution in [0.4, 0.5) is 11.4 Å². The Morgan fingerprint density at radius 1 is 0.936 bits per heavy atom. The molecular formula is C37H39BrN2O6S. The molecule has 246 valence electrons. The zero-order valence-electron chi connectivity index (χ0n) is 26.4. The number of para-hydroxylation sites is 1. The number of hydrogen-bond acceptors (Lipinski definition) is 6. The molecule has 0 saturated carbocycles. The lowest BCUT2D eigenvalue weighted by Crippen LogP contribution is -2.38. The maximum absolute atomic E-state index is 14.3. The highest BCUT2D eigenvalue weighted by Gasteiger charge is 2.42. The quantitative estimate of drug-likeness (QED) is 0.153. The van der Waals surface area contributed by atoms with Gasteiger partial charge >= 0.3 is 5.97 Å². The number of ether oxygens (including phenoxy) is 1. The molecule has 4 aromatic rings. The summed E-state index contributed by atoms with van der Waals surface area (Å²) in [4.78, 5) is 28.3. The standard InChI is InChI=1S/C37H39BrN2O6S/c1-3-5-21-37(4-2)24-40(28-19-13-8-14-20-28)30-22-29(38)31(23-32(30)47(44,45)25-37)46-34(27-17-11-7-12-18-27)35(41)39-33(36(42)43)26-15-9-6-10-16-26/h6-20,22-23,33-34H,3-5,21,24-25H2,1-2H3,(H,39,41)(H,42,43)/t33-,34?,37?/m1/s1. The highest BCUT2D eigenvalue weighted by molar-refractivity contribution is 9.10. The highest BCUT2D eigenvalue weighted by atomic mass is 79.9. The normalized spacial score (nSPS) is 18.3. The van der Waals surface area contributed by atoms with Crippen LogP contribution in [0.25, 0.3) is 0 Å². The average Bonchev–Trinajstić information content (AvgIpc) is 3.17. The van der Waals surface area contributed by atoms with Crippen LogP contribution in [0.1, 0.15) is 62.8 Å². The van der Waals surface area contributed by atoms with Crippen molar-refractivity contribution in [2.75, 3.05) is 17.2 Å². The number of unbranched alkanes of at least 4 members (excludes halogenated alkanes) is 1. The van der Waals surface area contributed by atoms with E-state index < -0.39 is 39.3 Å². The van der Waals surface area contributed by atoms with E-state index in [1.165, 1.54) is 6.07 Å². The average molecular weight is 720 g/mol. The topological polar surface area (TPSA) is 113 Å². The molecule has 0 fully saturated rings. The second kappa shape index (κ2) is 14.7. The van der Waals surface area contributed by atoms with Crippen molar-refractivity contribution in [3.63, 3.8) is 0 Å². The highest BCUT2D eigenvalue weighted by Crippen LogP contribution is 2.47. The molecule has 0 aromatic heterocycles. The van der Waals surface area contributed by atoms with E-state index in [4.69, 9.17) is 4.74 Å². The van der Waals surface area contributed by atoms with E-state index >= 15 is 0 Å². The largest absolute Gasteiger partial charge is 0.479 e. The van der Waals surface area contributed by atoms with Gasteiger partial charge in [-0.3, -0.25) is 4.79 Å². The number of carbonyl (C=O) groups excluding carboxylic acids is 1. The van der Waals surface area contributed by atoms with Gasteiger partial charge in [0.2, 0.25) is 6.10 Å². The monoisotopic (exact) mass is 718 g/mol. The number of aliphatic carboxylic acids is 1. The van der Waals surface area contributed by atoms with Crippen LogP contribution in [0.15, 0.2) is 112 Å². The fraction of sp³-hybridized carbons (Fsp3) is 0.297. The van der Waals surface area contributed by atoms with E-state index in [0.29, 0.717) is 34.3 Å². The van der Waals surface area contributed by atoms with Gasteiger partial charge in [0.25, 0.3) is 5.91 Å². The lowest BCUT2D eigenvalue weighted by molar-refractivity contribution is -0.143. The first-order valence-corrected chi connectivity index (χ1v) is 18.2. The van der Waals surface area contributed by atoms with Gasteiger partial charge in [-0.1, -0.05) is 106 Å². The molecule has 0 saturated heterocycles. The summed E-state index contributed by atoms with van der Waals surface area (Å²) in [5.41, 5.74) is 1.80. The minimum atomic E-state index is -3.82. The number of carboxylic acids is 1. The molecule has 1 aliphatic rings. The molecular weight excluding hydrogens is 680 g/mol. The van der Waals surface area contributed by atoms with Crippen LogP contribution >= 0.6 is 15.9 Å². The van der Waals surface area contributed by atoms with Gasteiger partial charge in [-0.05, 0) is 52.5 Å². The van der Waals surface area contributed by atoms with Crippen molar-refractivity contribution in [2.45, 2.75) is 56.6 Å². The van der Waals surface area contributed by atoms with E-state index in [0.717, 1.165) is 24.9 Å². The molecule has 1 heterocycles. The predicted octanol–water partition coefficient (Wildman–Crippen LogP) is 8.02. The first kappa shape index (κ1) is 34.2. The Kier molecular flexibility index (Phi) is 10.7. The third-order valence-electron chi connectivity index (χ3n) is 8.76. The Balaban J connectivity index is 1.59. The van der Waals surface area contributed by atoms with Crippen LogP contribution < -0.4 is 15.0 Å². The van der Waals surface area contributed by atoms with E-state index in [2.05, 4.69) is 40.0 Å². The summed E-state index contributed by atoms with van der Waals surface area (Å²) in [6, 6.07) is 28.8. The lowest BCUT2D eigenvalue weighted by Gasteiger charge is -2.36. The maximum Gasteiger partial charge on any atom is 0.330 e. The third kappa shape index (κ3) is 7.71. The summed E-state index contributed by atoms with van der Waals surface area (Å²) in [7, 11) is -3.82. The summed E-state index contributed by atoms with van der Waals surface area (Å²) >= 11 is 3.61. The fourth-order valence-corrected chi connectivity index (χ4v) is 8.73. The van der Waals surface area contributed by atoms with Crippen molar-refractivity contribution in [3.8, 4) is 5.75 Å². The van der Waals surface area contributed by atoms with Gasteiger partial charge in [-0.25, -0.2) is 13.2 Å². The molecule has 8 nitrogen and oxygen atoms in total. The summed E-state index contributed by atoms with van der Waals surface area (Å²) in [5.74, 6) is -1.79. The molecule has 47 heavy (non-hydrogen) atoms. The zero-order chi connectivity index (χ0) is 33.6. The van der Waals surface area contributed by atoms with Gasteiger partial charge in [0, 0.05) is 29.3 Å².